The van der Waals surface area contributed by atoms with Crippen LogP contribution in [0.25, 0.3) is 6.08 Å². The maximum absolute atomic E-state index is 13.4. The fourth-order valence-electron chi connectivity index (χ4n) is 3.97. The van der Waals surface area contributed by atoms with Gasteiger partial charge >= 0.3 is 0 Å². The molecule has 44 heavy (non-hydrogen) atoms. The number of rotatable bonds is 12. The highest BCUT2D eigenvalue weighted by Gasteiger charge is 2.16. The molecule has 3 amide bonds. The second-order valence-electron chi connectivity index (χ2n) is 9.16. The van der Waals surface area contributed by atoms with Gasteiger partial charge in [0.05, 0.1) is 32.1 Å². The molecule has 4 rings (SSSR count). The smallest absolute Gasteiger partial charge is 0.272 e. The third kappa shape index (κ3) is 8.79. The largest absolute Gasteiger partial charge is 0.495 e. The van der Waals surface area contributed by atoms with Crippen molar-refractivity contribution >= 4 is 58.5 Å². The second kappa shape index (κ2) is 15.5. The molecule has 0 spiro atoms. The van der Waals surface area contributed by atoms with Crippen molar-refractivity contribution in [2.24, 2.45) is 0 Å². The molecule has 0 aliphatic carbocycles. The van der Waals surface area contributed by atoms with E-state index in [-0.39, 0.29) is 17.4 Å². The predicted molar refractivity (Wildman–Crippen MR) is 174 cm³/mol. The van der Waals surface area contributed by atoms with E-state index in [1.165, 1.54) is 33.1 Å². The van der Waals surface area contributed by atoms with Gasteiger partial charge in [0.1, 0.15) is 11.4 Å². The average Bonchev–Trinajstić information content (AvgIpc) is 3.04. The summed E-state index contributed by atoms with van der Waals surface area (Å²) in [4.78, 5) is 39.6. The Kier molecular flexibility index (Phi) is 11.3. The van der Waals surface area contributed by atoms with E-state index in [1.54, 1.807) is 97.1 Å². The Hall–Kier alpha value is -4.93. The Morgan fingerprint density at radius 2 is 1.41 bits per heavy atom. The topological polar surface area (TPSA) is 115 Å². The number of anilines is 2. The Bertz CT molecular complexity index is 1660. The van der Waals surface area contributed by atoms with Crippen LogP contribution in [0.4, 0.5) is 11.4 Å². The number of halogens is 1. The van der Waals surface area contributed by atoms with Crippen molar-refractivity contribution in [1.82, 2.24) is 5.32 Å². The highest BCUT2D eigenvalue weighted by molar-refractivity contribution is 8.00. The van der Waals surface area contributed by atoms with Gasteiger partial charge in [-0.3, -0.25) is 14.4 Å². The van der Waals surface area contributed by atoms with Gasteiger partial charge in [0.15, 0.2) is 11.5 Å². The maximum atomic E-state index is 13.4. The summed E-state index contributed by atoms with van der Waals surface area (Å²) in [5.74, 6) is 0.533. The predicted octanol–water partition coefficient (Wildman–Crippen LogP) is 6.51. The van der Waals surface area contributed by atoms with Gasteiger partial charge in [-0.15, -0.1) is 11.8 Å². The number of benzene rings is 4. The first-order chi connectivity index (χ1) is 21.3. The van der Waals surface area contributed by atoms with E-state index in [9.17, 15) is 14.4 Å². The van der Waals surface area contributed by atoms with E-state index >= 15 is 0 Å². The highest BCUT2D eigenvalue weighted by atomic mass is 35.5. The fourth-order valence-corrected chi connectivity index (χ4v) is 4.93. The third-order valence-corrected chi connectivity index (χ3v) is 7.47. The Morgan fingerprint density at radius 3 is 2.07 bits per heavy atom. The number of carbonyl (C=O) groups is 3. The van der Waals surface area contributed by atoms with Crippen LogP contribution < -0.4 is 30.2 Å². The van der Waals surface area contributed by atoms with Crippen LogP contribution in [0.2, 0.25) is 5.02 Å². The normalized spacial score (nSPS) is 10.9. The summed E-state index contributed by atoms with van der Waals surface area (Å²) in [7, 11) is 4.57. The third-order valence-electron chi connectivity index (χ3n) is 6.17. The van der Waals surface area contributed by atoms with Gasteiger partial charge in [-0.25, -0.2) is 0 Å². The summed E-state index contributed by atoms with van der Waals surface area (Å²) in [5.41, 5.74) is 2.11. The molecule has 0 radical (unpaired) electrons. The number of hydrogen-bond acceptors (Lipinski definition) is 7. The molecule has 0 unspecified atom stereocenters. The van der Waals surface area contributed by atoms with Gasteiger partial charge in [0.25, 0.3) is 11.8 Å². The first-order valence-corrected chi connectivity index (χ1v) is 14.6. The van der Waals surface area contributed by atoms with Gasteiger partial charge in [-0.05, 0) is 78.4 Å². The fraction of sp³-hybridized carbons (Fsp3) is 0.121. The van der Waals surface area contributed by atoms with Crippen molar-refractivity contribution in [1.29, 1.82) is 0 Å². The number of ether oxygens (including phenoxy) is 3. The van der Waals surface area contributed by atoms with Crippen LogP contribution in [0.3, 0.4) is 0 Å². The molecule has 0 aliphatic heterocycles. The zero-order chi connectivity index (χ0) is 31.5. The maximum Gasteiger partial charge on any atom is 0.272 e. The molecule has 0 atom stereocenters. The van der Waals surface area contributed by atoms with Crippen molar-refractivity contribution in [2.45, 2.75) is 4.90 Å². The number of carbonyl (C=O) groups excluding carboxylic acids is 3. The number of nitrogens with one attached hydrogen (secondary N) is 3. The molecule has 0 aliphatic rings. The van der Waals surface area contributed by atoms with E-state index in [2.05, 4.69) is 16.0 Å². The number of methoxy groups -OCH3 is 3. The molecule has 0 heterocycles. The van der Waals surface area contributed by atoms with E-state index < -0.39 is 11.8 Å². The minimum atomic E-state index is -0.526. The SMILES string of the molecule is COc1ccc(NC(=O)CSc2ccc(NC(=O)/C(=C/c3ccc(OC)c(OC)c3)NC(=O)c3ccccc3)cc2)cc1Cl. The molecule has 0 bridgehead atoms. The minimum absolute atomic E-state index is 0.0276. The van der Waals surface area contributed by atoms with E-state index in [4.69, 9.17) is 25.8 Å². The molecule has 0 saturated carbocycles. The van der Waals surface area contributed by atoms with Crippen LogP contribution in [-0.4, -0.2) is 44.8 Å². The van der Waals surface area contributed by atoms with Crippen LogP contribution in [0, 0.1) is 0 Å². The van der Waals surface area contributed by atoms with Gasteiger partial charge in [-0.2, -0.15) is 0 Å². The molecule has 0 saturated heterocycles. The molecule has 11 heteroatoms. The Balaban J connectivity index is 1.43. The zero-order valence-corrected chi connectivity index (χ0v) is 25.8. The van der Waals surface area contributed by atoms with Gasteiger partial charge < -0.3 is 30.2 Å². The van der Waals surface area contributed by atoms with Crippen LogP contribution in [0.5, 0.6) is 17.2 Å². The lowest BCUT2D eigenvalue weighted by Gasteiger charge is -2.13. The monoisotopic (exact) mass is 631 g/mol. The lowest BCUT2D eigenvalue weighted by Crippen LogP contribution is -2.30. The van der Waals surface area contributed by atoms with E-state index in [1.807, 2.05) is 0 Å². The lowest BCUT2D eigenvalue weighted by molar-refractivity contribution is -0.114. The average molecular weight is 632 g/mol. The van der Waals surface area contributed by atoms with Crippen molar-refractivity contribution in [2.75, 3.05) is 37.7 Å². The van der Waals surface area contributed by atoms with Crippen LogP contribution in [0.15, 0.2) is 102 Å². The first kappa shape index (κ1) is 32.0. The quantitative estimate of drug-likeness (QED) is 0.121. The van der Waals surface area contributed by atoms with Crippen molar-refractivity contribution in [3.63, 3.8) is 0 Å². The van der Waals surface area contributed by atoms with Crippen LogP contribution in [-0.2, 0) is 9.59 Å². The molecular weight excluding hydrogens is 602 g/mol. The summed E-state index contributed by atoms with van der Waals surface area (Å²) in [6.07, 6.45) is 1.55. The molecule has 226 valence electrons. The molecule has 0 aromatic heterocycles. The summed E-state index contributed by atoms with van der Waals surface area (Å²) in [5, 5.41) is 8.74. The molecule has 4 aromatic carbocycles. The van der Waals surface area contributed by atoms with Crippen LogP contribution in [0.1, 0.15) is 15.9 Å². The van der Waals surface area contributed by atoms with Gasteiger partial charge in [0.2, 0.25) is 5.91 Å². The number of amides is 3. The van der Waals surface area contributed by atoms with Crippen molar-refractivity contribution < 1.29 is 28.6 Å². The van der Waals surface area contributed by atoms with Gasteiger partial charge in [0, 0.05) is 21.8 Å². The van der Waals surface area contributed by atoms with Gasteiger partial charge in [-0.1, -0.05) is 35.9 Å². The van der Waals surface area contributed by atoms with Crippen LogP contribution >= 0.6 is 23.4 Å². The highest BCUT2D eigenvalue weighted by Crippen LogP contribution is 2.29. The Morgan fingerprint density at radius 1 is 0.750 bits per heavy atom. The summed E-state index contributed by atoms with van der Waals surface area (Å²) >= 11 is 7.46. The summed E-state index contributed by atoms with van der Waals surface area (Å²) in [6, 6.07) is 25.8. The zero-order valence-electron chi connectivity index (χ0n) is 24.2. The Labute approximate surface area is 264 Å². The molecular formula is C33H30ClN3O6S. The summed E-state index contributed by atoms with van der Waals surface area (Å²) < 4.78 is 15.8. The van der Waals surface area contributed by atoms with E-state index in [0.717, 1.165) is 4.90 Å². The molecule has 4 aromatic rings. The molecule has 9 nitrogen and oxygen atoms in total. The summed E-state index contributed by atoms with van der Waals surface area (Å²) in [6.45, 7) is 0. The molecule has 3 N–H and O–H groups in total. The number of hydrogen-bond donors (Lipinski definition) is 3. The lowest BCUT2D eigenvalue weighted by atomic mass is 10.1. The van der Waals surface area contributed by atoms with E-state index in [0.29, 0.717) is 44.8 Å². The van der Waals surface area contributed by atoms with Crippen molar-refractivity contribution in [3.05, 3.63) is 113 Å². The molecule has 0 fully saturated rings. The first-order valence-electron chi connectivity index (χ1n) is 13.3. The second-order valence-corrected chi connectivity index (χ2v) is 10.6. The minimum Gasteiger partial charge on any atom is -0.495 e. The van der Waals surface area contributed by atoms with Crippen molar-refractivity contribution in [3.8, 4) is 17.2 Å². The number of thioether (sulfide) groups is 1. The standard InChI is InChI=1S/C33H30ClN3O6S/c1-41-28-16-12-24(19-26(28)34)35-31(38)20-44-25-13-10-23(11-14-25)36-33(40)27(37-32(39)22-7-5-4-6-8-22)17-21-9-15-29(42-2)30(18-21)43-3/h4-19H,20H2,1-3H3,(H,35,38)(H,36,40)(H,37,39)/b27-17-.